The van der Waals surface area contributed by atoms with Crippen LogP contribution >= 0.6 is 0 Å². The van der Waals surface area contributed by atoms with Gasteiger partial charge in [-0.3, -0.25) is 4.79 Å². The lowest BCUT2D eigenvalue weighted by molar-refractivity contribution is -0.140. The molecule has 0 spiro atoms. The summed E-state index contributed by atoms with van der Waals surface area (Å²) in [5, 5.41) is 0. The molecular formula is C39H58O13. The Labute approximate surface area is 308 Å². The normalized spacial score (nSPS) is 11.1. The third-order valence-electron chi connectivity index (χ3n) is 7.07. The molecule has 0 aliphatic heterocycles. The highest BCUT2D eigenvalue weighted by Gasteiger charge is 2.14. The Morgan fingerprint density at radius 1 is 0.500 bits per heavy atom. The minimum atomic E-state index is -0.416. The molecule has 2 rings (SSSR count). The zero-order valence-electron chi connectivity index (χ0n) is 31.2. The van der Waals surface area contributed by atoms with Crippen molar-refractivity contribution in [3.63, 3.8) is 0 Å². The largest absolute Gasteiger partial charge is 0.491 e. The molecule has 0 fully saturated rings. The van der Waals surface area contributed by atoms with Gasteiger partial charge >= 0.3 is 5.97 Å². The van der Waals surface area contributed by atoms with Crippen LogP contribution in [0.3, 0.4) is 0 Å². The number of carbonyl (C=O) groups excluding carboxylic acids is 2. The van der Waals surface area contributed by atoms with E-state index in [1.807, 2.05) is 56.3 Å². The zero-order chi connectivity index (χ0) is 37.5. The fraction of sp³-hybridized carbons (Fsp3) is 0.590. The quantitative estimate of drug-likeness (QED) is 0.0441. The summed E-state index contributed by atoms with van der Waals surface area (Å²) in [6.07, 6.45) is 0. The van der Waals surface area contributed by atoms with Crippen LogP contribution in [-0.4, -0.2) is 144 Å². The van der Waals surface area contributed by atoms with Crippen molar-refractivity contribution in [2.75, 3.05) is 132 Å². The van der Waals surface area contributed by atoms with Crippen LogP contribution in [0.1, 0.15) is 34.0 Å². The van der Waals surface area contributed by atoms with Gasteiger partial charge in [0.15, 0.2) is 5.78 Å². The Bertz CT molecular complexity index is 1240. The number of rotatable bonds is 34. The Morgan fingerprint density at radius 3 is 1.25 bits per heavy atom. The summed E-state index contributed by atoms with van der Waals surface area (Å²) in [7, 11) is 0. The highest BCUT2D eigenvalue weighted by atomic mass is 16.6. The summed E-state index contributed by atoms with van der Waals surface area (Å²) >= 11 is 0. The van der Waals surface area contributed by atoms with Gasteiger partial charge in [0.05, 0.1) is 119 Å². The Morgan fingerprint density at radius 2 is 0.865 bits per heavy atom. The van der Waals surface area contributed by atoms with Crippen LogP contribution in [0.5, 0.6) is 5.75 Å². The van der Waals surface area contributed by atoms with Crippen LogP contribution in [0.25, 0.3) is 0 Å². The first-order valence-corrected chi connectivity index (χ1v) is 17.8. The summed E-state index contributed by atoms with van der Waals surface area (Å²) in [6, 6.07) is 13.1. The van der Waals surface area contributed by atoms with Gasteiger partial charge in [-0.15, -0.1) is 0 Å². The summed E-state index contributed by atoms with van der Waals surface area (Å²) in [4.78, 5) is 24.0. The van der Waals surface area contributed by atoms with E-state index in [4.69, 9.17) is 52.1 Å². The number of ketones is 1. The second-order valence-corrected chi connectivity index (χ2v) is 11.4. The van der Waals surface area contributed by atoms with Crippen molar-refractivity contribution in [3.8, 4) is 5.75 Å². The van der Waals surface area contributed by atoms with Gasteiger partial charge in [-0.05, 0) is 44.0 Å². The lowest BCUT2D eigenvalue weighted by Crippen LogP contribution is -2.15. The van der Waals surface area contributed by atoms with Gasteiger partial charge in [-0.25, -0.2) is 4.79 Å². The minimum absolute atomic E-state index is 0.00754. The Kier molecular flexibility index (Phi) is 26.1. The molecule has 52 heavy (non-hydrogen) atoms. The molecule has 0 atom stereocenters. The van der Waals surface area contributed by atoms with Gasteiger partial charge in [0, 0.05) is 16.7 Å². The molecule has 0 bridgehead atoms. The van der Waals surface area contributed by atoms with Crippen LogP contribution in [0, 0.1) is 13.8 Å². The van der Waals surface area contributed by atoms with Gasteiger partial charge < -0.3 is 52.1 Å². The smallest absolute Gasteiger partial charge is 0.333 e. The highest BCUT2D eigenvalue weighted by molar-refractivity contribution is 6.10. The first-order chi connectivity index (χ1) is 25.4. The molecule has 0 unspecified atom stereocenters. The standard InChI is InChI=1S/C39H58O13/c1-32(2)39(41)52-29-27-50-25-23-48-21-19-46-17-15-44-13-11-42-10-12-43-14-16-45-18-20-47-22-24-49-26-28-51-37-31-33(3)36(30-34(37)4)38(40)35-8-6-5-7-9-35/h5-9,30-31H,1,10-29H2,2-4H3. The third-order valence-corrected chi connectivity index (χ3v) is 7.07. The van der Waals surface area contributed by atoms with E-state index < -0.39 is 5.97 Å². The second-order valence-electron chi connectivity index (χ2n) is 11.4. The van der Waals surface area contributed by atoms with E-state index in [-0.39, 0.29) is 12.4 Å². The SMILES string of the molecule is C=C(C)C(=O)OCCOCCOCCOCCOCCOCCOCCOCCOCCOCCOc1cc(C)c(C(=O)c2ccccc2)cc1C. The van der Waals surface area contributed by atoms with Crippen LogP contribution < -0.4 is 4.74 Å². The predicted molar refractivity (Wildman–Crippen MR) is 194 cm³/mol. The average Bonchev–Trinajstić information content (AvgIpc) is 3.14. The third kappa shape index (κ3) is 22.0. The molecule has 0 amide bonds. The van der Waals surface area contributed by atoms with Gasteiger partial charge in [-0.1, -0.05) is 36.9 Å². The molecule has 13 heteroatoms. The fourth-order valence-electron chi connectivity index (χ4n) is 4.32. The lowest BCUT2D eigenvalue weighted by Gasteiger charge is -2.13. The summed E-state index contributed by atoms with van der Waals surface area (Å²) in [5.41, 5.74) is 3.51. The van der Waals surface area contributed by atoms with Crippen LogP contribution in [0.15, 0.2) is 54.6 Å². The van der Waals surface area contributed by atoms with Crippen molar-refractivity contribution >= 4 is 11.8 Å². The van der Waals surface area contributed by atoms with Crippen molar-refractivity contribution < 1.29 is 61.7 Å². The molecule has 0 aromatic heterocycles. The van der Waals surface area contributed by atoms with Gasteiger partial charge in [0.25, 0.3) is 0 Å². The fourth-order valence-corrected chi connectivity index (χ4v) is 4.32. The van der Waals surface area contributed by atoms with Crippen LogP contribution in [0.4, 0.5) is 0 Å². The van der Waals surface area contributed by atoms with E-state index in [1.54, 1.807) is 6.92 Å². The maximum Gasteiger partial charge on any atom is 0.333 e. The molecule has 13 nitrogen and oxygen atoms in total. The highest BCUT2D eigenvalue weighted by Crippen LogP contribution is 2.25. The Hall–Kier alpha value is -3.24. The molecule has 0 saturated heterocycles. The number of hydrogen-bond acceptors (Lipinski definition) is 13. The maximum absolute atomic E-state index is 12.8. The van der Waals surface area contributed by atoms with Gasteiger partial charge in [0.1, 0.15) is 19.0 Å². The topological polar surface area (TPSA) is 136 Å². The van der Waals surface area contributed by atoms with E-state index in [9.17, 15) is 9.59 Å². The van der Waals surface area contributed by atoms with E-state index in [2.05, 4.69) is 6.58 Å². The number of aryl methyl sites for hydroxylation is 2. The monoisotopic (exact) mass is 734 g/mol. The van der Waals surface area contributed by atoms with Crippen molar-refractivity contribution in [2.24, 2.45) is 0 Å². The van der Waals surface area contributed by atoms with Gasteiger partial charge in [-0.2, -0.15) is 0 Å². The van der Waals surface area contributed by atoms with Crippen molar-refractivity contribution in [1.82, 2.24) is 0 Å². The molecular weight excluding hydrogens is 676 g/mol. The first-order valence-electron chi connectivity index (χ1n) is 17.8. The Balaban J connectivity index is 1.26. The number of carbonyl (C=O) groups is 2. The van der Waals surface area contributed by atoms with Crippen molar-refractivity contribution in [3.05, 3.63) is 76.9 Å². The maximum atomic E-state index is 12.8. The molecule has 0 aliphatic rings. The van der Waals surface area contributed by atoms with E-state index in [0.717, 1.165) is 16.9 Å². The summed E-state index contributed by atoms with van der Waals surface area (Å²) < 4.78 is 60.1. The van der Waals surface area contributed by atoms with Gasteiger partial charge in [0.2, 0.25) is 0 Å². The van der Waals surface area contributed by atoms with Crippen LogP contribution in [-0.2, 0) is 52.2 Å². The number of benzene rings is 2. The minimum Gasteiger partial charge on any atom is -0.491 e. The molecule has 0 N–H and O–H groups in total. The molecule has 0 aliphatic carbocycles. The first kappa shape index (κ1) is 44.9. The average molecular weight is 735 g/mol. The second kappa shape index (κ2) is 30.2. The van der Waals surface area contributed by atoms with Crippen LogP contribution in [0.2, 0.25) is 0 Å². The summed E-state index contributed by atoms with van der Waals surface area (Å²) in [6.45, 7) is 17.8. The van der Waals surface area contributed by atoms with E-state index in [1.165, 1.54) is 0 Å². The molecule has 0 saturated carbocycles. The zero-order valence-corrected chi connectivity index (χ0v) is 31.2. The lowest BCUT2D eigenvalue weighted by atomic mass is 9.97. The number of esters is 1. The van der Waals surface area contributed by atoms with E-state index in [0.29, 0.717) is 142 Å². The molecule has 0 radical (unpaired) electrons. The van der Waals surface area contributed by atoms with Crippen molar-refractivity contribution in [2.45, 2.75) is 20.8 Å². The molecule has 0 heterocycles. The molecule has 2 aromatic carbocycles. The number of hydrogen-bond donors (Lipinski definition) is 0. The summed E-state index contributed by atoms with van der Waals surface area (Å²) in [5.74, 6) is 0.339. The predicted octanol–water partition coefficient (Wildman–Crippen LogP) is 4.18. The number of ether oxygens (including phenoxy) is 11. The molecule has 2 aromatic rings. The molecule has 292 valence electrons. The van der Waals surface area contributed by atoms with E-state index >= 15 is 0 Å². The van der Waals surface area contributed by atoms with Crippen molar-refractivity contribution in [1.29, 1.82) is 0 Å².